The van der Waals surface area contributed by atoms with Crippen LogP contribution in [0.3, 0.4) is 0 Å². The first-order valence-electron chi connectivity index (χ1n) is 4.13. The average Bonchev–Trinajstić information content (AvgIpc) is 1.91. The van der Waals surface area contributed by atoms with E-state index in [0.717, 1.165) is 13.1 Å². The van der Waals surface area contributed by atoms with Crippen LogP contribution in [0.1, 0.15) is 27.7 Å². The van der Waals surface area contributed by atoms with Crippen molar-refractivity contribution >= 4 is 12.4 Å². The number of likely N-dealkylation sites (N-methyl/N-ethyl adjacent to an activating group) is 1. The lowest BCUT2D eigenvalue weighted by Crippen LogP contribution is -2.30. The van der Waals surface area contributed by atoms with Gasteiger partial charge >= 0.3 is 0 Å². The molecule has 0 N–H and O–H groups in total. The number of halogens is 1. The van der Waals surface area contributed by atoms with Gasteiger partial charge in [-0.25, -0.2) is 0 Å². The summed E-state index contributed by atoms with van der Waals surface area (Å²) in [4.78, 5) is 2.42. The monoisotopic (exact) mass is 177 g/mol. The molecule has 0 aliphatic heterocycles. The quantitative estimate of drug-likeness (QED) is 0.597. The number of hydrogen-bond acceptors (Lipinski definition) is 1. The summed E-state index contributed by atoms with van der Waals surface area (Å²) in [6.45, 7) is 11.0. The average molecular weight is 178 g/mol. The van der Waals surface area contributed by atoms with Gasteiger partial charge in [0.15, 0.2) is 0 Å². The Bertz CT molecular complexity index is 97.7. The van der Waals surface area contributed by atoms with Crippen molar-refractivity contribution in [1.29, 1.82) is 0 Å². The minimum atomic E-state index is 0. The van der Waals surface area contributed by atoms with Crippen LogP contribution >= 0.6 is 12.4 Å². The van der Waals surface area contributed by atoms with Gasteiger partial charge in [-0.15, -0.1) is 12.4 Å². The molecule has 0 rings (SSSR count). The second-order valence-corrected chi connectivity index (χ2v) is 2.49. The SMILES string of the molecule is C/C=C/C(C)N(CC)CC.Cl. The summed E-state index contributed by atoms with van der Waals surface area (Å²) in [5.41, 5.74) is 0. The van der Waals surface area contributed by atoms with Gasteiger partial charge in [-0.05, 0) is 26.9 Å². The van der Waals surface area contributed by atoms with Crippen molar-refractivity contribution in [1.82, 2.24) is 4.90 Å². The Balaban J connectivity index is 0. The van der Waals surface area contributed by atoms with E-state index in [1.54, 1.807) is 0 Å². The maximum absolute atomic E-state index is 2.42. The molecule has 0 aromatic rings. The van der Waals surface area contributed by atoms with Crippen molar-refractivity contribution in [2.75, 3.05) is 13.1 Å². The Morgan fingerprint density at radius 2 is 1.73 bits per heavy atom. The fourth-order valence-electron chi connectivity index (χ4n) is 1.20. The molecule has 0 bridgehead atoms. The zero-order valence-corrected chi connectivity index (χ0v) is 8.82. The topological polar surface area (TPSA) is 3.24 Å². The smallest absolute Gasteiger partial charge is 0.0249 e. The van der Waals surface area contributed by atoms with E-state index in [-0.39, 0.29) is 12.4 Å². The van der Waals surface area contributed by atoms with Crippen LogP contribution in [0.2, 0.25) is 0 Å². The molecule has 1 nitrogen and oxygen atoms in total. The Morgan fingerprint density at radius 3 is 2.00 bits per heavy atom. The standard InChI is InChI=1S/C9H19N.ClH/c1-5-8-9(4)10(6-2)7-3;/h5,8-9H,6-7H2,1-4H3;1H/b8-5+;. The van der Waals surface area contributed by atoms with Crippen LogP contribution in [0.25, 0.3) is 0 Å². The summed E-state index contributed by atoms with van der Waals surface area (Å²) in [5, 5.41) is 0. The molecule has 0 saturated carbocycles. The molecule has 0 aliphatic rings. The number of rotatable bonds is 4. The summed E-state index contributed by atoms with van der Waals surface area (Å²) < 4.78 is 0. The van der Waals surface area contributed by atoms with Crippen molar-refractivity contribution in [2.24, 2.45) is 0 Å². The Labute approximate surface area is 76.9 Å². The predicted molar refractivity (Wildman–Crippen MR) is 54.4 cm³/mol. The van der Waals surface area contributed by atoms with E-state index in [1.807, 2.05) is 0 Å². The lowest BCUT2D eigenvalue weighted by atomic mass is 10.2. The van der Waals surface area contributed by atoms with Crippen LogP contribution in [0, 0.1) is 0 Å². The first-order valence-corrected chi connectivity index (χ1v) is 4.13. The summed E-state index contributed by atoms with van der Waals surface area (Å²) in [6, 6.07) is 0.597. The van der Waals surface area contributed by atoms with Crippen molar-refractivity contribution in [3.63, 3.8) is 0 Å². The molecule has 1 atom stereocenters. The summed E-state index contributed by atoms with van der Waals surface area (Å²) in [7, 11) is 0. The van der Waals surface area contributed by atoms with Crippen LogP contribution in [0.5, 0.6) is 0 Å². The highest BCUT2D eigenvalue weighted by Crippen LogP contribution is 1.98. The van der Waals surface area contributed by atoms with Crippen molar-refractivity contribution < 1.29 is 0 Å². The maximum atomic E-state index is 2.42. The van der Waals surface area contributed by atoms with Crippen LogP contribution in [0.15, 0.2) is 12.2 Å². The van der Waals surface area contributed by atoms with E-state index in [0.29, 0.717) is 6.04 Å². The highest BCUT2D eigenvalue weighted by Gasteiger charge is 2.03. The summed E-state index contributed by atoms with van der Waals surface area (Å²) in [5.74, 6) is 0. The van der Waals surface area contributed by atoms with E-state index in [9.17, 15) is 0 Å². The van der Waals surface area contributed by atoms with Gasteiger partial charge < -0.3 is 0 Å². The van der Waals surface area contributed by atoms with Crippen molar-refractivity contribution in [3.05, 3.63) is 12.2 Å². The van der Waals surface area contributed by atoms with Gasteiger partial charge in [0.1, 0.15) is 0 Å². The largest absolute Gasteiger partial charge is 0.298 e. The lowest BCUT2D eigenvalue weighted by Gasteiger charge is -2.23. The summed E-state index contributed by atoms with van der Waals surface area (Å²) in [6.07, 6.45) is 4.34. The molecule has 0 amide bonds. The van der Waals surface area contributed by atoms with E-state index in [1.165, 1.54) is 0 Å². The number of allylic oxidation sites excluding steroid dienone is 1. The van der Waals surface area contributed by atoms with Crippen LogP contribution < -0.4 is 0 Å². The fraction of sp³-hybridized carbons (Fsp3) is 0.778. The van der Waals surface area contributed by atoms with Crippen LogP contribution in [-0.2, 0) is 0 Å². The van der Waals surface area contributed by atoms with Gasteiger partial charge in [-0.2, -0.15) is 0 Å². The third-order valence-corrected chi connectivity index (χ3v) is 1.86. The molecule has 0 aliphatic carbocycles. The molecule has 0 aromatic carbocycles. The lowest BCUT2D eigenvalue weighted by molar-refractivity contribution is 0.268. The molecule has 0 heterocycles. The van der Waals surface area contributed by atoms with E-state index < -0.39 is 0 Å². The molecule has 0 fully saturated rings. The molecule has 0 spiro atoms. The zero-order chi connectivity index (χ0) is 7.98. The Kier molecular flexibility index (Phi) is 9.98. The third kappa shape index (κ3) is 5.28. The third-order valence-electron chi connectivity index (χ3n) is 1.86. The van der Waals surface area contributed by atoms with Gasteiger partial charge in [0.05, 0.1) is 0 Å². The molecule has 2 heteroatoms. The van der Waals surface area contributed by atoms with Crippen LogP contribution in [0.4, 0.5) is 0 Å². The highest BCUT2D eigenvalue weighted by molar-refractivity contribution is 5.85. The normalized spacial score (nSPS) is 13.5. The second kappa shape index (κ2) is 8.09. The molecule has 0 aromatic heterocycles. The molecular formula is C9H20ClN. The number of nitrogens with zero attached hydrogens (tertiary/aromatic N) is 1. The van der Waals surface area contributed by atoms with Gasteiger partial charge in [0.25, 0.3) is 0 Å². The molecular weight excluding hydrogens is 158 g/mol. The fourth-order valence-corrected chi connectivity index (χ4v) is 1.20. The zero-order valence-electron chi connectivity index (χ0n) is 8.00. The Hall–Kier alpha value is -0.0100. The predicted octanol–water partition coefficient (Wildman–Crippen LogP) is 2.71. The maximum Gasteiger partial charge on any atom is 0.0249 e. The minimum Gasteiger partial charge on any atom is -0.298 e. The molecule has 1 unspecified atom stereocenters. The molecule has 68 valence electrons. The van der Waals surface area contributed by atoms with Crippen molar-refractivity contribution in [2.45, 2.75) is 33.7 Å². The van der Waals surface area contributed by atoms with E-state index >= 15 is 0 Å². The van der Waals surface area contributed by atoms with Crippen molar-refractivity contribution in [3.8, 4) is 0 Å². The first kappa shape index (κ1) is 13.6. The highest BCUT2D eigenvalue weighted by atomic mass is 35.5. The van der Waals surface area contributed by atoms with Gasteiger partial charge in [-0.1, -0.05) is 26.0 Å². The molecule has 11 heavy (non-hydrogen) atoms. The van der Waals surface area contributed by atoms with Gasteiger partial charge in [0.2, 0.25) is 0 Å². The van der Waals surface area contributed by atoms with Crippen LogP contribution in [-0.4, -0.2) is 24.0 Å². The molecule has 0 saturated heterocycles. The second-order valence-electron chi connectivity index (χ2n) is 2.49. The van der Waals surface area contributed by atoms with E-state index in [4.69, 9.17) is 0 Å². The minimum absolute atomic E-state index is 0. The van der Waals surface area contributed by atoms with Gasteiger partial charge in [-0.3, -0.25) is 4.90 Å². The first-order chi connectivity index (χ1) is 4.76. The molecule has 0 radical (unpaired) electrons. The van der Waals surface area contributed by atoms with E-state index in [2.05, 4.69) is 44.7 Å². The Morgan fingerprint density at radius 1 is 1.27 bits per heavy atom. The van der Waals surface area contributed by atoms with Gasteiger partial charge in [0, 0.05) is 6.04 Å². The summed E-state index contributed by atoms with van der Waals surface area (Å²) >= 11 is 0. The number of hydrogen-bond donors (Lipinski definition) is 0.